The Balaban J connectivity index is 4.08. The number of esters is 1. The van der Waals surface area contributed by atoms with Crippen LogP contribution >= 0.6 is 7.82 Å². The van der Waals surface area contributed by atoms with Crippen molar-refractivity contribution >= 4 is 13.8 Å². The van der Waals surface area contributed by atoms with Crippen molar-refractivity contribution in [2.45, 2.75) is 238 Å². The Morgan fingerprint density at radius 1 is 0.542 bits per heavy atom. The number of hydrogen-bond donors (Lipinski definition) is 3. The number of aliphatic hydroxyl groups is 2. The fourth-order valence-electron chi connectivity index (χ4n) is 6.90. The summed E-state index contributed by atoms with van der Waals surface area (Å²) in [6, 6.07) is 0. The molecule has 0 amide bonds. The van der Waals surface area contributed by atoms with Gasteiger partial charge in [0, 0.05) is 13.0 Å². The zero-order valence-electron chi connectivity index (χ0n) is 38.2. The van der Waals surface area contributed by atoms with Gasteiger partial charge in [-0.15, -0.1) is 0 Å². The van der Waals surface area contributed by atoms with Gasteiger partial charge in [-0.3, -0.25) is 13.8 Å². The van der Waals surface area contributed by atoms with Gasteiger partial charge in [-0.2, -0.15) is 0 Å². The standard InChI is InChI=1S/C49H93O9P/c1-3-5-7-9-11-13-15-17-19-21-23-24-25-27-29-31-33-35-37-39-41-49(52)58-48(46-57-59(53,54)56-44-47(51)43-50)45-55-42-40-38-36-34-32-30-28-26-22-20-18-16-14-12-10-8-6-4-2/h6,8,12,14,18,20,47-48,50-51H,3-5,7,9-11,13,15-17,19,21-46H2,1-2H3,(H,53,54)/b8-6-,14-12-,20-18-. The van der Waals surface area contributed by atoms with Crippen LogP contribution in [-0.2, 0) is 27.9 Å². The minimum atomic E-state index is -4.52. The van der Waals surface area contributed by atoms with Crippen molar-refractivity contribution in [3.05, 3.63) is 36.5 Å². The molecule has 0 heterocycles. The van der Waals surface area contributed by atoms with Crippen LogP contribution in [0.3, 0.4) is 0 Å². The molecule has 0 aromatic carbocycles. The third-order valence-corrected chi connectivity index (χ3v) is 11.5. The molecule has 0 radical (unpaired) electrons. The van der Waals surface area contributed by atoms with Crippen LogP contribution in [0.25, 0.3) is 0 Å². The topological polar surface area (TPSA) is 132 Å². The highest BCUT2D eigenvalue weighted by atomic mass is 31.2. The smallest absolute Gasteiger partial charge is 0.457 e. The first kappa shape index (κ1) is 57.7. The number of carbonyl (C=O) groups excluding carboxylic acids is 1. The van der Waals surface area contributed by atoms with E-state index < -0.39 is 33.2 Å². The molecule has 3 N–H and O–H groups in total. The van der Waals surface area contributed by atoms with Crippen molar-refractivity contribution in [3.8, 4) is 0 Å². The quantitative estimate of drug-likeness (QED) is 0.0237. The van der Waals surface area contributed by atoms with Gasteiger partial charge >= 0.3 is 13.8 Å². The maximum atomic E-state index is 12.7. The van der Waals surface area contributed by atoms with Crippen molar-refractivity contribution in [1.82, 2.24) is 0 Å². The van der Waals surface area contributed by atoms with Crippen molar-refractivity contribution in [2.24, 2.45) is 0 Å². The van der Waals surface area contributed by atoms with Crippen molar-refractivity contribution in [2.75, 3.05) is 33.0 Å². The van der Waals surface area contributed by atoms with E-state index in [2.05, 4.69) is 50.3 Å². The number of carbonyl (C=O) groups is 1. The second kappa shape index (κ2) is 46.2. The summed E-state index contributed by atoms with van der Waals surface area (Å²) in [5.74, 6) is -0.381. The van der Waals surface area contributed by atoms with E-state index >= 15 is 0 Å². The monoisotopic (exact) mass is 857 g/mol. The molecule has 59 heavy (non-hydrogen) atoms. The Morgan fingerprint density at radius 3 is 1.46 bits per heavy atom. The summed E-state index contributed by atoms with van der Waals surface area (Å²) < 4.78 is 33.5. The number of allylic oxidation sites excluding steroid dienone is 6. The van der Waals surface area contributed by atoms with E-state index in [0.717, 1.165) is 64.2 Å². The summed E-state index contributed by atoms with van der Waals surface area (Å²) in [6.07, 6.45) is 51.1. The van der Waals surface area contributed by atoms with E-state index in [-0.39, 0.29) is 25.6 Å². The van der Waals surface area contributed by atoms with E-state index in [1.807, 2.05) is 0 Å². The highest BCUT2D eigenvalue weighted by molar-refractivity contribution is 7.47. The lowest BCUT2D eigenvalue weighted by atomic mass is 10.0. The van der Waals surface area contributed by atoms with Gasteiger partial charge in [0.1, 0.15) is 12.2 Å². The van der Waals surface area contributed by atoms with Crippen LogP contribution in [0.2, 0.25) is 0 Å². The number of phosphoric acid groups is 1. The molecular weight excluding hydrogens is 764 g/mol. The van der Waals surface area contributed by atoms with Gasteiger partial charge < -0.3 is 24.6 Å². The second-order valence-electron chi connectivity index (χ2n) is 16.5. The first-order valence-electron chi connectivity index (χ1n) is 24.5. The molecule has 0 fully saturated rings. The third-order valence-electron chi connectivity index (χ3n) is 10.6. The summed E-state index contributed by atoms with van der Waals surface area (Å²) in [5.41, 5.74) is 0. The van der Waals surface area contributed by atoms with E-state index in [4.69, 9.17) is 23.6 Å². The minimum Gasteiger partial charge on any atom is -0.457 e. The molecule has 3 atom stereocenters. The molecule has 0 saturated heterocycles. The van der Waals surface area contributed by atoms with Gasteiger partial charge in [-0.1, -0.05) is 211 Å². The lowest BCUT2D eigenvalue weighted by Crippen LogP contribution is -2.29. The molecule has 0 rings (SSSR count). The van der Waals surface area contributed by atoms with Gasteiger partial charge in [0.2, 0.25) is 0 Å². The Morgan fingerprint density at radius 2 is 0.966 bits per heavy atom. The fourth-order valence-corrected chi connectivity index (χ4v) is 7.69. The number of phosphoric ester groups is 1. The molecule has 0 aromatic heterocycles. The van der Waals surface area contributed by atoms with E-state index in [0.29, 0.717) is 6.61 Å². The summed E-state index contributed by atoms with van der Waals surface area (Å²) in [7, 11) is -4.52. The van der Waals surface area contributed by atoms with Gasteiger partial charge in [0.25, 0.3) is 0 Å². The molecule has 9 nitrogen and oxygen atoms in total. The van der Waals surface area contributed by atoms with Gasteiger partial charge in [-0.05, 0) is 44.9 Å². The predicted octanol–water partition coefficient (Wildman–Crippen LogP) is 14.0. The number of unbranched alkanes of at least 4 members (excludes halogenated alkanes) is 27. The minimum absolute atomic E-state index is 0.0469. The van der Waals surface area contributed by atoms with E-state index in [9.17, 15) is 19.4 Å². The van der Waals surface area contributed by atoms with Crippen LogP contribution in [0.15, 0.2) is 36.5 Å². The van der Waals surface area contributed by atoms with Gasteiger partial charge in [0.15, 0.2) is 0 Å². The Bertz CT molecular complexity index is 1020. The highest BCUT2D eigenvalue weighted by Gasteiger charge is 2.26. The number of ether oxygens (including phenoxy) is 2. The summed E-state index contributed by atoms with van der Waals surface area (Å²) in [6.45, 7) is 3.43. The average molecular weight is 857 g/mol. The Labute approximate surface area is 363 Å². The Kier molecular flexibility index (Phi) is 45.2. The maximum absolute atomic E-state index is 12.7. The average Bonchev–Trinajstić information content (AvgIpc) is 3.23. The van der Waals surface area contributed by atoms with Gasteiger partial charge in [0.05, 0.1) is 26.4 Å². The summed E-state index contributed by atoms with van der Waals surface area (Å²) >= 11 is 0. The molecule has 0 spiro atoms. The fraction of sp³-hybridized carbons (Fsp3) is 0.857. The first-order valence-corrected chi connectivity index (χ1v) is 26.0. The molecule has 0 aromatic rings. The normalized spacial score (nSPS) is 14.2. The van der Waals surface area contributed by atoms with Crippen LogP contribution in [0.1, 0.15) is 226 Å². The molecule has 0 aliphatic heterocycles. The molecular formula is C49H93O9P. The van der Waals surface area contributed by atoms with Crippen molar-refractivity contribution in [1.29, 1.82) is 0 Å². The largest absolute Gasteiger partial charge is 0.472 e. The third kappa shape index (κ3) is 46.0. The van der Waals surface area contributed by atoms with E-state index in [1.165, 1.54) is 141 Å². The molecule has 10 heteroatoms. The molecule has 0 saturated carbocycles. The first-order chi connectivity index (χ1) is 28.8. The molecule has 348 valence electrons. The highest BCUT2D eigenvalue weighted by Crippen LogP contribution is 2.43. The maximum Gasteiger partial charge on any atom is 0.472 e. The molecule has 0 aliphatic rings. The van der Waals surface area contributed by atoms with Crippen molar-refractivity contribution < 1.29 is 43.0 Å². The molecule has 0 aliphatic carbocycles. The van der Waals surface area contributed by atoms with Crippen molar-refractivity contribution in [3.63, 3.8) is 0 Å². The lowest BCUT2D eigenvalue weighted by molar-refractivity contribution is -0.154. The van der Waals surface area contributed by atoms with Crippen LogP contribution in [-0.4, -0.2) is 66.3 Å². The number of aliphatic hydroxyl groups excluding tert-OH is 2. The van der Waals surface area contributed by atoms with Crippen LogP contribution in [0, 0.1) is 0 Å². The summed E-state index contributed by atoms with van der Waals surface area (Å²) in [5, 5.41) is 18.4. The zero-order chi connectivity index (χ0) is 43.2. The van der Waals surface area contributed by atoms with Gasteiger partial charge in [-0.25, -0.2) is 4.57 Å². The summed E-state index contributed by atoms with van der Waals surface area (Å²) in [4.78, 5) is 22.7. The van der Waals surface area contributed by atoms with E-state index in [1.54, 1.807) is 0 Å². The predicted molar refractivity (Wildman–Crippen MR) is 247 cm³/mol. The number of rotatable bonds is 47. The molecule has 0 bridgehead atoms. The van der Waals surface area contributed by atoms with Crippen LogP contribution in [0.5, 0.6) is 0 Å². The SMILES string of the molecule is CC/C=C\C/C=C\C/C=C\CCCCCCCCCCOCC(COP(=O)(O)OCC(O)CO)OC(=O)CCCCCCCCCCCCCCCCCCCCCC. The second-order valence-corrected chi connectivity index (χ2v) is 17.9. The van der Waals surface area contributed by atoms with Crippen LogP contribution in [0.4, 0.5) is 0 Å². The lowest BCUT2D eigenvalue weighted by Gasteiger charge is -2.20. The zero-order valence-corrected chi connectivity index (χ0v) is 39.1. The van der Waals surface area contributed by atoms with Crippen LogP contribution < -0.4 is 0 Å². The number of hydrogen-bond acceptors (Lipinski definition) is 8. The molecule has 3 unspecified atom stereocenters. The Hall–Kier alpha value is -1.32.